The van der Waals surface area contributed by atoms with Crippen molar-refractivity contribution >= 4 is 23.4 Å². The summed E-state index contributed by atoms with van der Waals surface area (Å²) in [5.41, 5.74) is 0.494. The molecule has 0 aliphatic heterocycles. The molecule has 0 spiro atoms. The van der Waals surface area contributed by atoms with Gasteiger partial charge < -0.3 is 14.8 Å². The Morgan fingerprint density at radius 1 is 1.17 bits per heavy atom. The summed E-state index contributed by atoms with van der Waals surface area (Å²) in [4.78, 5) is 0. The zero-order valence-electron chi connectivity index (χ0n) is 10.5. The Morgan fingerprint density at radius 3 is 2.72 bits per heavy atom. The molecule has 0 atom stereocenters. The van der Waals surface area contributed by atoms with E-state index in [1.807, 2.05) is 24.3 Å². The number of rotatable bonds is 5. The molecular formula is C14H17BO3. The highest BCUT2D eigenvalue weighted by atomic mass is 16.5. The van der Waals surface area contributed by atoms with Gasteiger partial charge >= 0.3 is 7.12 Å². The molecule has 0 saturated carbocycles. The van der Waals surface area contributed by atoms with Gasteiger partial charge in [0.05, 0.1) is 6.61 Å². The lowest BCUT2D eigenvalue weighted by Crippen LogP contribution is -2.29. The minimum absolute atomic E-state index is 0.494. The molecule has 2 aromatic rings. The summed E-state index contributed by atoms with van der Waals surface area (Å²) in [7, 11) is -1.43. The normalized spacial score (nSPS) is 10.6. The largest absolute Gasteiger partial charge is 0.493 e. The van der Waals surface area contributed by atoms with Crippen molar-refractivity contribution in [1.29, 1.82) is 0 Å². The maximum absolute atomic E-state index is 9.15. The van der Waals surface area contributed by atoms with Gasteiger partial charge in [-0.2, -0.15) is 0 Å². The molecule has 0 saturated heterocycles. The van der Waals surface area contributed by atoms with Crippen LogP contribution in [0.2, 0.25) is 0 Å². The van der Waals surface area contributed by atoms with Crippen LogP contribution in [0.4, 0.5) is 0 Å². The zero-order valence-corrected chi connectivity index (χ0v) is 10.5. The standard InChI is InChI=1S/C14H17BO3/c1-2-3-9-18-14-6-4-5-11-10-12(15(16)17)7-8-13(11)14/h4-8,10,16-17H,2-3,9H2,1H3. The van der Waals surface area contributed by atoms with Crippen LogP contribution in [0.25, 0.3) is 10.8 Å². The van der Waals surface area contributed by atoms with Gasteiger partial charge in [0.2, 0.25) is 0 Å². The number of hydrogen-bond donors (Lipinski definition) is 2. The molecule has 0 amide bonds. The molecule has 0 radical (unpaired) electrons. The van der Waals surface area contributed by atoms with Gasteiger partial charge in [0.15, 0.2) is 0 Å². The number of unbranched alkanes of at least 4 members (excludes halogenated alkanes) is 1. The van der Waals surface area contributed by atoms with E-state index < -0.39 is 7.12 Å². The fourth-order valence-electron chi connectivity index (χ4n) is 1.89. The quantitative estimate of drug-likeness (QED) is 0.621. The first kappa shape index (κ1) is 12.9. The molecule has 0 fully saturated rings. The van der Waals surface area contributed by atoms with Crippen molar-refractivity contribution in [3.63, 3.8) is 0 Å². The Bertz CT molecular complexity index is 525. The van der Waals surface area contributed by atoms with Gasteiger partial charge in [-0.25, -0.2) is 0 Å². The lowest BCUT2D eigenvalue weighted by atomic mass is 9.79. The summed E-state index contributed by atoms with van der Waals surface area (Å²) in [6.07, 6.45) is 2.13. The summed E-state index contributed by atoms with van der Waals surface area (Å²) >= 11 is 0. The van der Waals surface area contributed by atoms with Crippen LogP contribution >= 0.6 is 0 Å². The molecule has 3 nitrogen and oxygen atoms in total. The lowest BCUT2D eigenvalue weighted by molar-refractivity contribution is 0.313. The molecule has 2 aromatic carbocycles. The zero-order chi connectivity index (χ0) is 13.0. The van der Waals surface area contributed by atoms with Crippen molar-refractivity contribution in [1.82, 2.24) is 0 Å². The molecule has 2 rings (SSSR count). The van der Waals surface area contributed by atoms with Gasteiger partial charge in [0, 0.05) is 5.39 Å². The predicted octanol–water partition coefficient (Wildman–Crippen LogP) is 1.70. The van der Waals surface area contributed by atoms with Gasteiger partial charge in [0.1, 0.15) is 5.75 Å². The molecule has 0 aromatic heterocycles. The first-order chi connectivity index (χ1) is 8.72. The fraction of sp³-hybridized carbons (Fsp3) is 0.286. The Balaban J connectivity index is 2.32. The molecule has 0 aliphatic rings. The second-order valence-electron chi connectivity index (χ2n) is 4.31. The SMILES string of the molecule is CCCCOc1cccc2cc(B(O)O)ccc12. The molecule has 94 valence electrons. The molecule has 0 heterocycles. The van der Waals surface area contributed by atoms with Gasteiger partial charge in [-0.3, -0.25) is 0 Å². The molecule has 18 heavy (non-hydrogen) atoms. The van der Waals surface area contributed by atoms with Crippen LogP contribution in [0.1, 0.15) is 19.8 Å². The molecule has 4 heteroatoms. The summed E-state index contributed by atoms with van der Waals surface area (Å²) in [6.45, 7) is 2.83. The molecule has 0 aliphatic carbocycles. The van der Waals surface area contributed by atoms with E-state index in [1.54, 1.807) is 12.1 Å². The van der Waals surface area contributed by atoms with E-state index in [9.17, 15) is 0 Å². The van der Waals surface area contributed by atoms with Crippen molar-refractivity contribution in [2.75, 3.05) is 6.61 Å². The molecule has 2 N–H and O–H groups in total. The Hall–Kier alpha value is -1.52. The average Bonchev–Trinajstić information content (AvgIpc) is 2.38. The third-order valence-electron chi connectivity index (χ3n) is 2.92. The Morgan fingerprint density at radius 2 is 2.00 bits per heavy atom. The number of fused-ring (bicyclic) bond motifs is 1. The first-order valence-corrected chi connectivity index (χ1v) is 6.24. The molecule has 0 bridgehead atoms. The van der Waals surface area contributed by atoms with Gasteiger partial charge in [-0.1, -0.05) is 43.7 Å². The van der Waals surface area contributed by atoms with Crippen LogP contribution in [-0.2, 0) is 0 Å². The highest BCUT2D eigenvalue weighted by Gasteiger charge is 2.11. The van der Waals surface area contributed by atoms with E-state index in [4.69, 9.17) is 14.8 Å². The highest BCUT2D eigenvalue weighted by Crippen LogP contribution is 2.24. The van der Waals surface area contributed by atoms with Crippen LogP contribution < -0.4 is 10.2 Å². The van der Waals surface area contributed by atoms with Crippen molar-refractivity contribution < 1.29 is 14.8 Å². The number of hydrogen-bond acceptors (Lipinski definition) is 3. The maximum Gasteiger partial charge on any atom is 0.488 e. The maximum atomic E-state index is 9.15. The highest BCUT2D eigenvalue weighted by molar-refractivity contribution is 6.58. The van der Waals surface area contributed by atoms with Crippen molar-refractivity contribution in [3.8, 4) is 5.75 Å². The third-order valence-corrected chi connectivity index (χ3v) is 2.92. The third kappa shape index (κ3) is 2.83. The second-order valence-corrected chi connectivity index (χ2v) is 4.31. The van der Waals surface area contributed by atoms with E-state index in [0.29, 0.717) is 12.1 Å². The van der Waals surface area contributed by atoms with Crippen LogP contribution in [0.5, 0.6) is 5.75 Å². The monoisotopic (exact) mass is 244 g/mol. The van der Waals surface area contributed by atoms with E-state index in [1.165, 1.54) is 0 Å². The second kappa shape index (κ2) is 5.89. The van der Waals surface area contributed by atoms with E-state index >= 15 is 0 Å². The van der Waals surface area contributed by atoms with E-state index in [2.05, 4.69) is 6.92 Å². The molecular weight excluding hydrogens is 227 g/mol. The van der Waals surface area contributed by atoms with Gasteiger partial charge in [-0.05, 0) is 23.3 Å². The number of benzene rings is 2. The van der Waals surface area contributed by atoms with Gasteiger partial charge in [0.25, 0.3) is 0 Å². The van der Waals surface area contributed by atoms with Crippen LogP contribution in [-0.4, -0.2) is 23.8 Å². The first-order valence-electron chi connectivity index (χ1n) is 6.24. The summed E-state index contributed by atoms with van der Waals surface area (Å²) in [6, 6.07) is 11.1. The van der Waals surface area contributed by atoms with Crippen LogP contribution in [0.3, 0.4) is 0 Å². The van der Waals surface area contributed by atoms with Crippen LogP contribution in [0.15, 0.2) is 36.4 Å². The minimum atomic E-state index is -1.43. The Kier molecular flexibility index (Phi) is 4.23. The summed E-state index contributed by atoms with van der Waals surface area (Å²) in [5, 5.41) is 20.3. The van der Waals surface area contributed by atoms with E-state index in [0.717, 1.165) is 29.4 Å². The lowest BCUT2D eigenvalue weighted by Gasteiger charge is -2.10. The topological polar surface area (TPSA) is 49.7 Å². The molecule has 0 unspecified atom stereocenters. The predicted molar refractivity (Wildman–Crippen MR) is 74.2 cm³/mol. The van der Waals surface area contributed by atoms with E-state index in [-0.39, 0.29) is 0 Å². The summed E-state index contributed by atoms with van der Waals surface area (Å²) in [5.74, 6) is 0.847. The fourth-order valence-corrected chi connectivity index (χ4v) is 1.89. The van der Waals surface area contributed by atoms with Crippen molar-refractivity contribution in [3.05, 3.63) is 36.4 Å². The van der Waals surface area contributed by atoms with Gasteiger partial charge in [-0.15, -0.1) is 0 Å². The number of ether oxygens (including phenoxy) is 1. The summed E-state index contributed by atoms with van der Waals surface area (Å²) < 4.78 is 5.74. The minimum Gasteiger partial charge on any atom is -0.493 e. The smallest absolute Gasteiger partial charge is 0.488 e. The van der Waals surface area contributed by atoms with Crippen molar-refractivity contribution in [2.24, 2.45) is 0 Å². The van der Waals surface area contributed by atoms with Crippen LogP contribution in [0, 0.1) is 0 Å². The average molecular weight is 244 g/mol. The van der Waals surface area contributed by atoms with Crippen molar-refractivity contribution in [2.45, 2.75) is 19.8 Å². The Labute approximate surface area is 107 Å².